The van der Waals surface area contributed by atoms with E-state index in [4.69, 9.17) is 40.4 Å². The van der Waals surface area contributed by atoms with Gasteiger partial charge >= 0.3 is 19.5 Å². The van der Waals surface area contributed by atoms with Crippen molar-refractivity contribution in [2.24, 2.45) is 0 Å². The number of rotatable bonds is 10. The zero-order chi connectivity index (χ0) is 28.8. The molecule has 16 heteroatoms. The van der Waals surface area contributed by atoms with Crippen LogP contribution >= 0.6 is 19.4 Å². The number of carbonyl (C=O) groups excluding carboxylic acids is 1. The van der Waals surface area contributed by atoms with Gasteiger partial charge in [0.15, 0.2) is 17.2 Å². The Morgan fingerprint density at radius 1 is 1.36 bits per heavy atom. The van der Waals surface area contributed by atoms with Gasteiger partial charge in [0.05, 0.1) is 18.9 Å². The first-order valence-corrected chi connectivity index (χ1v) is 13.4. The summed E-state index contributed by atoms with van der Waals surface area (Å²) in [6, 6.07) is 7.82. The topological polar surface area (TPSA) is 174 Å². The number of benzene rings is 1. The number of carbonyl (C=O) groups is 1. The smallest absolute Gasteiger partial charge is 0.461 e. The van der Waals surface area contributed by atoms with Gasteiger partial charge in [-0.1, -0.05) is 41.6 Å². The summed E-state index contributed by atoms with van der Waals surface area (Å²) in [5.74, 6) is 3.50. The molecule has 0 aliphatic carbocycles. The Bertz CT molecular complexity index is 1320. The van der Waals surface area contributed by atoms with Gasteiger partial charge in [-0.15, -0.1) is 0 Å². The minimum Gasteiger partial charge on any atom is -0.461 e. The maximum Gasteiger partial charge on any atom is 0.530 e. The van der Waals surface area contributed by atoms with Gasteiger partial charge in [-0.2, -0.15) is 14.8 Å². The van der Waals surface area contributed by atoms with Crippen molar-refractivity contribution in [1.29, 1.82) is 0 Å². The lowest BCUT2D eigenvalue weighted by Gasteiger charge is -2.25. The number of aromatic nitrogens is 3. The predicted molar refractivity (Wildman–Crippen MR) is 135 cm³/mol. The van der Waals surface area contributed by atoms with E-state index in [0.29, 0.717) is 4.68 Å². The predicted octanol–water partition coefficient (Wildman–Crippen LogP) is 1.99. The van der Waals surface area contributed by atoms with Crippen LogP contribution in [0.25, 0.3) is 0 Å². The summed E-state index contributed by atoms with van der Waals surface area (Å²) in [6.07, 6.45) is -5.55. The van der Waals surface area contributed by atoms with Gasteiger partial charge in [0, 0.05) is 0 Å². The molecule has 0 saturated carbocycles. The normalized spacial score (nSPS) is 24.8. The van der Waals surface area contributed by atoms with Crippen LogP contribution in [-0.2, 0) is 27.9 Å². The summed E-state index contributed by atoms with van der Waals surface area (Å²) in [5, 5.41) is 14.8. The van der Waals surface area contributed by atoms with Gasteiger partial charge in [0.1, 0.15) is 30.4 Å². The van der Waals surface area contributed by atoms with Crippen LogP contribution in [0.2, 0.25) is 0 Å². The van der Waals surface area contributed by atoms with Crippen LogP contribution < -0.4 is 15.9 Å². The zero-order valence-electron chi connectivity index (χ0n) is 21.1. The Balaban J connectivity index is 1.88. The standard InChI is InChI=1S/C23H27ClFN4O9P/c1-14(2)35-20(31)15(3)37-39(33,38-16-8-5-4-6-9-16)34-13-17-19(30)23(24,10-7-11-25)21(36-17)29-22(32)28-18(26)12-27-29/h4-6,8-9,12,14-15,17,19,21,30H,11,13H2,1-3H3,(H2,26,28,32)/t15-,17+,19?,21?,23?,39-/m0/s1. The molecule has 0 bridgehead atoms. The summed E-state index contributed by atoms with van der Waals surface area (Å²) in [7, 11) is -4.59. The van der Waals surface area contributed by atoms with Crippen molar-refractivity contribution >= 4 is 31.2 Å². The van der Waals surface area contributed by atoms with Gasteiger partial charge in [0.2, 0.25) is 0 Å². The lowest BCUT2D eigenvalue weighted by Crippen LogP contribution is -2.44. The molecule has 0 radical (unpaired) electrons. The van der Waals surface area contributed by atoms with E-state index >= 15 is 0 Å². The molecule has 1 aliphatic heterocycles. The van der Waals surface area contributed by atoms with E-state index in [-0.39, 0.29) is 11.6 Å². The summed E-state index contributed by atoms with van der Waals surface area (Å²) in [4.78, 5) is 26.1. The molecule has 1 saturated heterocycles. The van der Waals surface area contributed by atoms with E-state index in [1.807, 2.05) is 0 Å². The molecule has 6 atom stereocenters. The van der Waals surface area contributed by atoms with Crippen molar-refractivity contribution in [3.8, 4) is 17.6 Å². The Kier molecular flexibility index (Phi) is 10.1. The number of aliphatic hydroxyl groups excluding tert-OH is 1. The van der Waals surface area contributed by atoms with E-state index in [9.17, 15) is 23.7 Å². The number of nitrogens with two attached hydrogens (primary N) is 1. The van der Waals surface area contributed by atoms with Gasteiger partial charge < -0.3 is 24.8 Å². The van der Waals surface area contributed by atoms with Crippen molar-refractivity contribution in [3.63, 3.8) is 0 Å². The van der Waals surface area contributed by atoms with Crippen LogP contribution in [0.3, 0.4) is 0 Å². The summed E-state index contributed by atoms with van der Waals surface area (Å²) in [5.41, 5.74) is 4.49. The molecule has 3 rings (SSSR count). The van der Waals surface area contributed by atoms with Crippen LogP contribution in [0, 0.1) is 11.8 Å². The number of hydrogen-bond acceptors (Lipinski definition) is 12. The highest BCUT2D eigenvalue weighted by Crippen LogP contribution is 2.52. The number of alkyl halides is 2. The molecule has 2 heterocycles. The number of halogens is 2. The highest BCUT2D eigenvalue weighted by molar-refractivity contribution is 7.49. The average molecular weight is 589 g/mol. The number of phosphoric ester groups is 1. The van der Waals surface area contributed by atoms with Gasteiger partial charge in [-0.05, 0) is 32.9 Å². The Labute approximate surface area is 227 Å². The average Bonchev–Trinajstić information content (AvgIpc) is 3.11. The number of phosphoric acid groups is 1. The molecular formula is C23H27ClFN4O9P. The summed E-state index contributed by atoms with van der Waals surface area (Å²) in [6.45, 7) is 2.72. The quantitative estimate of drug-likeness (QED) is 0.179. The fourth-order valence-corrected chi connectivity index (χ4v) is 5.06. The van der Waals surface area contributed by atoms with Crippen molar-refractivity contribution in [2.45, 2.75) is 56.3 Å². The second-order valence-corrected chi connectivity index (χ2v) is 10.6. The minimum atomic E-state index is -4.59. The zero-order valence-corrected chi connectivity index (χ0v) is 22.8. The first kappa shape index (κ1) is 30.5. The fraction of sp³-hybridized carbons (Fsp3) is 0.478. The molecular weight excluding hydrogens is 562 g/mol. The van der Waals surface area contributed by atoms with Crippen molar-refractivity contribution in [3.05, 3.63) is 47.0 Å². The van der Waals surface area contributed by atoms with Crippen LogP contribution in [-0.4, -0.2) is 68.4 Å². The van der Waals surface area contributed by atoms with E-state index < -0.39 is 68.3 Å². The van der Waals surface area contributed by atoms with Crippen molar-refractivity contribution < 1.29 is 41.9 Å². The highest BCUT2D eigenvalue weighted by atomic mass is 35.5. The maximum atomic E-state index is 13.6. The van der Waals surface area contributed by atoms with Gasteiger partial charge in [0.25, 0.3) is 0 Å². The molecule has 1 aliphatic rings. The third kappa shape index (κ3) is 7.54. The fourth-order valence-electron chi connectivity index (χ4n) is 3.37. The molecule has 0 amide bonds. The molecule has 1 fully saturated rings. The lowest BCUT2D eigenvalue weighted by atomic mass is 9.99. The maximum absolute atomic E-state index is 13.6. The number of para-hydroxylation sites is 1. The van der Waals surface area contributed by atoms with Crippen LogP contribution in [0.15, 0.2) is 41.3 Å². The van der Waals surface area contributed by atoms with E-state index in [1.54, 1.807) is 32.0 Å². The summed E-state index contributed by atoms with van der Waals surface area (Å²) < 4.78 is 54.2. The van der Waals surface area contributed by atoms with Crippen molar-refractivity contribution in [1.82, 2.24) is 14.8 Å². The molecule has 39 heavy (non-hydrogen) atoms. The highest BCUT2D eigenvalue weighted by Gasteiger charge is 2.57. The molecule has 13 nitrogen and oxygen atoms in total. The van der Waals surface area contributed by atoms with Gasteiger partial charge in [-0.3, -0.25) is 9.05 Å². The molecule has 212 valence electrons. The van der Waals surface area contributed by atoms with Crippen LogP contribution in [0.4, 0.5) is 10.2 Å². The molecule has 1 aromatic heterocycles. The first-order valence-electron chi connectivity index (χ1n) is 11.6. The number of nitrogens with zero attached hydrogens (tertiary/aromatic N) is 3. The molecule has 1 aromatic carbocycles. The monoisotopic (exact) mass is 588 g/mol. The number of ether oxygens (including phenoxy) is 2. The van der Waals surface area contributed by atoms with Crippen molar-refractivity contribution in [2.75, 3.05) is 19.0 Å². The van der Waals surface area contributed by atoms with E-state index in [0.717, 1.165) is 6.20 Å². The number of anilines is 1. The Morgan fingerprint density at radius 3 is 2.67 bits per heavy atom. The van der Waals surface area contributed by atoms with Gasteiger partial charge in [-0.25, -0.2) is 18.5 Å². The van der Waals surface area contributed by atoms with E-state index in [2.05, 4.69) is 21.9 Å². The minimum absolute atomic E-state index is 0.0835. The largest absolute Gasteiger partial charge is 0.530 e. The first-order chi connectivity index (χ1) is 18.4. The number of hydrogen-bond donors (Lipinski definition) is 2. The number of aliphatic hydroxyl groups is 1. The molecule has 3 unspecified atom stereocenters. The third-order valence-electron chi connectivity index (χ3n) is 5.08. The third-order valence-corrected chi connectivity index (χ3v) is 7.06. The second-order valence-electron chi connectivity index (χ2n) is 8.46. The molecule has 2 aromatic rings. The number of nitrogen functional groups attached to an aromatic ring is 1. The summed E-state index contributed by atoms with van der Waals surface area (Å²) >= 11 is 6.54. The van der Waals surface area contributed by atoms with Crippen LogP contribution in [0.1, 0.15) is 27.0 Å². The lowest BCUT2D eigenvalue weighted by molar-refractivity contribution is -0.156. The molecule has 0 spiro atoms. The molecule has 3 N–H and O–H groups in total. The van der Waals surface area contributed by atoms with Crippen LogP contribution in [0.5, 0.6) is 5.75 Å². The number of esters is 1. The Morgan fingerprint density at radius 2 is 2.05 bits per heavy atom. The Hall–Kier alpha value is -3.05. The second kappa shape index (κ2) is 12.9. The van der Waals surface area contributed by atoms with E-state index in [1.165, 1.54) is 19.1 Å². The SMILES string of the molecule is CC(C)OC(=O)[C@H](C)O[P@](=O)(OC[C@H]1OC(n2ncc(N)nc2=O)C(Cl)(C#CCF)C1O)Oc1ccccc1.